The molecule has 1 atom stereocenters. The van der Waals surface area contributed by atoms with Crippen LogP contribution in [0, 0.1) is 5.41 Å². The Morgan fingerprint density at radius 1 is 1.20 bits per heavy atom. The standard InChI is InChI=1S/C20H27NO4/c1-5-6-7-11-21-16(13-9-8-10-14(22)12-13)15(17(23)19(21)25)18(24)20(2,3)4/h8-10,12,16,22-23H,5-7,11H2,1-4H3. The maximum Gasteiger partial charge on any atom is 0.290 e. The zero-order chi connectivity index (χ0) is 18.8. The van der Waals surface area contributed by atoms with Crippen LogP contribution < -0.4 is 0 Å². The summed E-state index contributed by atoms with van der Waals surface area (Å²) in [5.41, 5.74) is 0.0269. The lowest BCUT2D eigenvalue weighted by Gasteiger charge is -2.29. The van der Waals surface area contributed by atoms with E-state index in [4.69, 9.17) is 0 Å². The van der Waals surface area contributed by atoms with Crippen LogP contribution in [0.1, 0.15) is 58.6 Å². The number of hydrogen-bond donors (Lipinski definition) is 2. The van der Waals surface area contributed by atoms with Crippen LogP contribution in [0.15, 0.2) is 35.6 Å². The summed E-state index contributed by atoms with van der Waals surface area (Å²) in [7, 11) is 0. The van der Waals surface area contributed by atoms with Gasteiger partial charge in [0, 0.05) is 12.0 Å². The number of aromatic hydroxyl groups is 1. The van der Waals surface area contributed by atoms with E-state index in [9.17, 15) is 19.8 Å². The van der Waals surface area contributed by atoms with Gasteiger partial charge >= 0.3 is 0 Å². The lowest BCUT2D eigenvalue weighted by molar-refractivity contribution is -0.129. The molecule has 0 saturated heterocycles. The first-order valence-corrected chi connectivity index (χ1v) is 8.76. The van der Waals surface area contributed by atoms with Gasteiger partial charge in [0.15, 0.2) is 11.5 Å². The fraction of sp³-hybridized carbons (Fsp3) is 0.500. The van der Waals surface area contributed by atoms with Crippen LogP contribution in [0.25, 0.3) is 0 Å². The number of nitrogens with zero attached hydrogens (tertiary/aromatic N) is 1. The SMILES string of the molecule is CCCCCN1C(=O)C(O)=C(C(=O)C(C)(C)C)C1c1cccc(O)c1. The summed E-state index contributed by atoms with van der Waals surface area (Å²) in [5, 5.41) is 20.2. The highest BCUT2D eigenvalue weighted by atomic mass is 16.3. The molecule has 1 aliphatic heterocycles. The second-order valence-electron chi connectivity index (χ2n) is 7.54. The molecule has 2 rings (SSSR count). The summed E-state index contributed by atoms with van der Waals surface area (Å²) in [6, 6.07) is 5.85. The fourth-order valence-electron chi connectivity index (χ4n) is 3.09. The van der Waals surface area contributed by atoms with E-state index in [-0.39, 0.29) is 17.1 Å². The van der Waals surface area contributed by atoms with Gasteiger partial charge in [0.25, 0.3) is 5.91 Å². The number of phenolic OH excluding ortho intramolecular Hbond substituents is 1. The third-order valence-corrected chi connectivity index (χ3v) is 4.42. The lowest BCUT2D eigenvalue weighted by Crippen LogP contribution is -2.33. The molecule has 0 bridgehead atoms. The monoisotopic (exact) mass is 345 g/mol. The van der Waals surface area contributed by atoms with Gasteiger partial charge in [-0.3, -0.25) is 9.59 Å². The molecule has 5 nitrogen and oxygen atoms in total. The van der Waals surface area contributed by atoms with Crippen LogP contribution in [0.2, 0.25) is 0 Å². The van der Waals surface area contributed by atoms with E-state index < -0.39 is 23.1 Å². The Hall–Kier alpha value is -2.30. The van der Waals surface area contributed by atoms with E-state index in [1.807, 2.05) is 0 Å². The van der Waals surface area contributed by atoms with Gasteiger partial charge in [0.1, 0.15) is 5.75 Å². The molecule has 2 N–H and O–H groups in total. The van der Waals surface area contributed by atoms with Gasteiger partial charge in [-0.05, 0) is 24.1 Å². The number of benzene rings is 1. The summed E-state index contributed by atoms with van der Waals surface area (Å²) >= 11 is 0. The van der Waals surface area contributed by atoms with Crippen molar-refractivity contribution >= 4 is 11.7 Å². The first kappa shape index (κ1) is 19.0. The number of Topliss-reactive ketones (excluding diaryl/α,β-unsaturated/α-hetero) is 1. The molecule has 25 heavy (non-hydrogen) atoms. The Morgan fingerprint density at radius 3 is 2.44 bits per heavy atom. The minimum atomic E-state index is -0.724. The Morgan fingerprint density at radius 2 is 1.88 bits per heavy atom. The number of ketones is 1. The number of phenols is 1. The van der Waals surface area contributed by atoms with Crippen molar-refractivity contribution in [3.05, 3.63) is 41.2 Å². The highest BCUT2D eigenvalue weighted by molar-refractivity contribution is 6.10. The fourth-order valence-corrected chi connectivity index (χ4v) is 3.09. The molecule has 5 heteroatoms. The van der Waals surface area contributed by atoms with Gasteiger partial charge in [-0.1, -0.05) is 52.7 Å². The smallest absolute Gasteiger partial charge is 0.290 e. The van der Waals surface area contributed by atoms with Crippen LogP contribution in [0.3, 0.4) is 0 Å². The quantitative estimate of drug-likeness (QED) is 0.767. The van der Waals surface area contributed by atoms with Crippen LogP contribution in [0.4, 0.5) is 0 Å². The number of hydrogen-bond acceptors (Lipinski definition) is 4. The second kappa shape index (κ2) is 7.30. The minimum absolute atomic E-state index is 0.0624. The predicted molar refractivity (Wildman–Crippen MR) is 96.2 cm³/mol. The van der Waals surface area contributed by atoms with Gasteiger partial charge in [-0.25, -0.2) is 0 Å². The maximum atomic E-state index is 12.9. The zero-order valence-corrected chi connectivity index (χ0v) is 15.4. The number of aliphatic hydroxyl groups excluding tert-OH is 1. The van der Waals surface area contributed by atoms with E-state index in [0.717, 1.165) is 19.3 Å². The molecule has 0 aliphatic carbocycles. The van der Waals surface area contributed by atoms with Crippen molar-refractivity contribution in [2.24, 2.45) is 5.41 Å². The second-order valence-corrected chi connectivity index (χ2v) is 7.54. The summed E-state index contributed by atoms with van der Waals surface area (Å²) < 4.78 is 0. The molecule has 1 aromatic rings. The number of carbonyl (C=O) groups excluding carboxylic acids is 2. The molecule has 1 unspecified atom stereocenters. The average Bonchev–Trinajstić information content (AvgIpc) is 2.78. The van der Waals surface area contributed by atoms with Gasteiger partial charge in [-0.15, -0.1) is 0 Å². The van der Waals surface area contributed by atoms with Gasteiger partial charge < -0.3 is 15.1 Å². The molecular formula is C20H27NO4. The van der Waals surface area contributed by atoms with E-state index in [1.165, 1.54) is 6.07 Å². The van der Waals surface area contributed by atoms with Crippen LogP contribution in [-0.4, -0.2) is 33.3 Å². The number of rotatable bonds is 6. The van der Waals surface area contributed by atoms with E-state index in [0.29, 0.717) is 12.1 Å². The summed E-state index contributed by atoms with van der Waals surface area (Å²) in [6.07, 6.45) is 2.76. The number of carbonyl (C=O) groups is 2. The molecule has 1 aliphatic rings. The van der Waals surface area contributed by atoms with Crippen LogP contribution >= 0.6 is 0 Å². The molecule has 0 radical (unpaired) electrons. The largest absolute Gasteiger partial charge is 0.508 e. The number of aliphatic hydroxyl groups is 1. The van der Waals surface area contributed by atoms with Crippen molar-refractivity contribution in [3.8, 4) is 5.75 Å². The zero-order valence-electron chi connectivity index (χ0n) is 15.4. The highest BCUT2D eigenvalue weighted by Gasteiger charge is 2.45. The molecule has 136 valence electrons. The van der Waals surface area contributed by atoms with E-state index >= 15 is 0 Å². The normalized spacial score (nSPS) is 18.2. The Balaban J connectivity index is 2.50. The summed E-state index contributed by atoms with van der Waals surface area (Å²) in [6.45, 7) is 7.82. The maximum absolute atomic E-state index is 12.9. The van der Waals surface area contributed by atoms with Crippen molar-refractivity contribution in [3.63, 3.8) is 0 Å². The molecule has 0 fully saturated rings. The third kappa shape index (κ3) is 3.86. The van der Waals surface area contributed by atoms with Crippen molar-refractivity contribution < 1.29 is 19.8 Å². The molecule has 1 heterocycles. The highest BCUT2D eigenvalue weighted by Crippen LogP contribution is 2.41. The van der Waals surface area contributed by atoms with E-state index in [2.05, 4.69) is 6.92 Å². The molecule has 0 saturated carbocycles. The first-order chi connectivity index (χ1) is 11.7. The number of amides is 1. The van der Waals surface area contributed by atoms with Gasteiger partial charge in [0.2, 0.25) is 0 Å². The van der Waals surface area contributed by atoms with Crippen molar-refractivity contribution in [2.75, 3.05) is 6.54 Å². The predicted octanol–water partition coefficient (Wildman–Crippen LogP) is 3.89. The topological polar surface area (TPSA) is 77.8 Å². The lowest BCUT2D eigenvalue weighted by atomic mass is 9.82. The minimum Gasteiger partial charge on any atom is -0.508 e. The van der Waals surface area contributed by atoms with Gasteiger partial charge in [0.05, 0.1) is 11.6 Å². The molecule has 1 amide bonds. The van der Waals surface area contributed by atoms with Gasteiger partial charge in [-0.2, -0.15) is 0 Å². The van der Waals surface area contributed by atoms with Crippen molar-refractivity contribution in [1.82, 2.24) is 4.90 Å². The van der Waals surface area contributed by atoms with Crippen LogP contribution in [-0.2, 0) is 9.59 Å². The molecule has 0 aromatic heterocycles. The van der Waals surface area contributed by atoms with Crippen molar-refractivity contribution in [2.45, 2.75) is 53.0 Å². The third-order valence-electron chi connectivity index (χ3n) is 4.42. The van der Waals surface area contributed by atoms with E-state index in [1.54, 1.807) is 43.9 Å². The summed E-state index contributed by atoms with van der Waals surface area (Å²) in [5.74, 6) is -1.18. The molecular weight excluding hydrogens is 318 g/mol. The Bertz CT molecular complexity index is 700. The first-order valence-electron chi connectivity index (χ1n) is 8.76. The van der Waals surface area contributed by atoms with Crippen LogP contribution in [0.5, 0.6) is 5.75 Å². The average molecular weight is 345 g/mol. The number of unbranched alkanes of at least 4 members (excludes halogenated alkanes) is 2. The Kier molecular flexibility index (Phi) is 5.55. The molecule has 1 aromatic carbocycles. The molecule has 0 spiro atoms. The van der Waals surface area contributed by atoms with Crippen molar-refractivity contribution in [1.29, 1.82) is 0 Å². The summed E-state index contributed by atoms with van der Waals surface area (Å²) in [4.78, 5) is 27.1. The Labute approximate surface area is 149 Å².